The van der Waals surface area contributed by atoms with Crippen LogP contribution in [-0.2, 0) is 16.0 Å². The molecule has 27 heavy (non-hydrogen) atoms. The van der Waals surface area contributed by atoms with Crippen molar-refractivity contribution in [3.63, 3.8) is 0 Å². The summed E-state index contributed by atoms with van der Waals surface area (Å²) in [7, 11) is 1.34. The second-order valence-corrected chi connectivity index (χ2v) is 6.01. The zero-order chi connectivity index (χ0) is 19.0. The van der Waals surface area contributed by atoms with Gasteiger partial charge in [0, 0.05) is 28.5 Å². The largest absolute Gasteiger partial charge is 0.469 e. The van der Waals surface area contributed by atoms with Gasteiger partial charge in [0.05, 0.1) is 41.4 Å². The fourth-order valence-corrected chi connectivity index (χ4v) is 3.10. The minimum absolute atomic E-state index is 0.00873. The number of nitro groups is 1. The number of hydrogen-bond acceptors (Lipinski definition) is 6. The highest BCUT2D eigenvalue weighted by atomic mass is 16.6. The Kier molecular flexibility index (Phi) is 4.00. The van der Waals surface area contributed by atoms with Gasteiger partial charge in [-0.3, -0.25) is 20.0 Å². The number of benzene rings is 2. The van der Waals surface area contributed by atoms with Gasteiger partial charge in [0.2, 0.25) is 0 Å². The van der Waals surface area contributed by atoms with E-state index < -0.39 is 4.92 Å². The first-order valence-electron chi connectivity index (χ1n) is 8.14. The van der Waals surface area contributed by atoms with Crippen molar-refractivity contribution in [1.82, 2.24) is 15.2 Å². The van der Waals surface area contributed by atoms with Gasteiger partial charge < -0.3 is 4.74 Å². The Labute approximate surface area is 152 Å². The number of carbonyl (C=O) groups excluding carboxylic acids is 1. The maximum atomic E-state index is 11.9. The van der Waals surface area contributed by atoms with E-state index in [1.807, 2.05) is 18.2 Å². The summed E-state index contributed by atoms with van der Waals surface area (Å²) in [6.07, 6.45) is 1.78. The van der Waals surface area contributed by atoms with Crippen LogP contribution >= 0.6 is 0 Å². The van der Waals surface area contributed by atoms with Gasteiger partial charge in [-0.15, -0.1) is 0 Å². The zero-order valence-corrected chi connectivity index (χ0v) is 14.3. The maximum Gasteiger partial charge on any atom is 0.310 e. The molecule has 4 rings (SSSR count). The normalized spacial score (nSPS) is 11.0. The summed E-state index contributed by atoms with van der Waals surface area (Å²) in [5.74, 6) is -0.363. The third kappa shape index (κ3) is 2.97. The molecule has 0 fully saturated rings. The second kappa shape index (κ2) is 6.49. The van der Waals surface area contributed by atoms with Gasteiger partial charge in [-0.05, 0) is 35.9 Å². The molecule has 2 heterocycles. The van der Waals surface area contributed by atoms with Crippen LogP contribution in [-0.4, -0.2) is 33.2 Å². The Balaban J connectivity index is 1.93. The number of esters is 1. The number of non-ortho nitro benzene ring substituents is 1. The second-order valence-electron chi connectivity index (χ2n) is 6.01. The Morgan fingerprint density at radius 1 is 1.22 bits per heavy atom. The summed E-state index contributed by atoms with van der Waals surface area (Å²) in [5, 5.41) is 19.5. The SMILES string of the molecule is COC(=O)Cc1cc(-c2ccc([N+](=O)[O-])cc2)nc2ccc3[nH]ncc3c12. The van der Waals surface area contributed by atoms with Crippen LogP contribution in [0.4, 0.5) is 5.69 Å². The topological polar surface area (TPSA) is 111 Å². The molecule has 2 aromatic carbocycles. The van der Waals surface area contributed by atoms with E-state index in [1.54, 1.807) is 18.3 Å². The van der Waals surface area contributed by atoms with Crippen molar-refractivity contribution in [2.75, 3.05) is 7.11 Å². The summed E-state index contributed by atoms with van der Waals surface area (Å²) >= 11 is 0. The highest BCUT2D eigenvalue weighted by Gasteiger charge is 2.15. The van der Waals surface area contributed by atoms with Crippen molar-refractivity contribution in [1.29, 1.82) is 0 Å². The van der Waals surface area contributed by atoms with Crippen LogP contribution in [0.25, 0.3) is 33.1 Å². The van der Waals surface area contributed by atoms with E-state index in [1.165, 1.54) is 19.2 Å². The molecule has 0 saturated heterocycles. The van der Waals surface area contributed by atoms with Crippen LogP contribution < -0.4 is 0 Å². The summed E-state index contributed by atoms with van der Waals surface area (Å²) < 4.78 is 4.83. The number of pyridine rings is 1. The predicted molar refractivity (Wildman–Crippen MR) is 99.2 cm³/mol. The Bertz CT molecular complexity index is 1180. The molecule has 0 unspecified atom stereocenters. The van der Waals surface area contributed by atoms with Gasteiger partial charge in [0.1, 0.15) is 0 Å². The summed E-state index contributed by atoms with van der Waals surface area (Å²) in [4.78, 5) is 27.0. The molecule has 0 aliphatic rings. The first-order valence-corrected chi connectivity index (χ1v) is 8.14. The molecular formula is C19H14N4O4. The van der Waals surface area contributed by atoms with Crippen molar-refractivity contribution in [2.24, 2.45) is 0 Å². The Hall–Kier alpha value is -3.81. The molecule has 2 aromatic heterocycles. The number of methoxy groups -OCH3 is 1. The number of nitrogens with one attached hydrogen (secondary N) is 1. The zero-order valence-electron chi connectivity index (χ0n) is 14.3. The fourth-order valence-electron chi connectivity index (χ4n) is 3.10. The average Bonchev–Trinajstić information content (AvgIpc) is 3.16. The van der Waals surface area contributed by atoms with Gasteiger partial charge in [-0.2, -0.15) is 5.10 Å². The quantitative estimate of drug-likeness (QED) is 0.338. The molecule has 134 valence electrons. The molecule has 8 nitrogen and oxygen atoms in total. The van der Waals surface area contributed by atoms with Crippen molar-refractivity contribution < 1.29 is 14.5 Å². The standard InChI is InChI=1S/C19H14N4O4/c1-27-18(24)9-12-8-17(11-2-4-13(5-3-11)23(25)26)21-16-7-6-15-14(19(12)16)10-20-22-15/h2-8,10H,9H2,1H3,(H,20,22). The monoisotopic (exact) mass is 362 g/mol. The number of carbonyl (C=O) groups is 1. The lowest BCUT2D eigenvalue weighted by Gasteiger charge is -2.10. The smallest absolute Gasteiger partial charge is 0.310 e. The molecule has 4 aromatic rings. The van der Waals surface area contributed by atoms with Crippen molar-refractivity contribution in [3.8, 4) is 11.3 Å². The lowest BCUT2D eigenvalue weighted by atomic mass is 9.99. The van der Waals surface area contributed by atoms with Gasteiger partial charge >= 0.3 is 5.97 Å². The van der Waals surface area contributed by atoms with Crippen LogP contribution in [0, 0.1) is 10.1 Å². The van der Waals surface area contributed by atoms with Gasteiger partial charge in [0.25, 0.3) is 5.69 Å². The Morgan fingerprint density at radius 2 is 2.00 bits per heavy atom. The number of ether oxygens (including phenoxy) is 1. The predicted octanol–water partition coefficient (Wildman–Crippen LogP) is 3.40. The van der Waals surface area contributed by atoms with Crippen molar-refractivity contribution >= 4 is 33.5 Å². The van der Waals surface area contributed by atoms with E-state index >= 15 is 0 Å². The third-order valence-electron chi connectivity index (χ3n) is 4.41. The van der Waals surface area contributed by atoms with Crippen molar-refractivity contribution in [3.05, 3.63) is 64.3 Å². The summed E-state index contributed by atoms with van der Waals surface area (Å²) in [6.45, 7) is 0. The number of hydrogen-bond donors (Lipinski definition) is 1. The van der Waals surface area contributed by atoms with Crippen LogP contribution in [0.5, 0.6) is 0 Å². The number of fused-ring (bicyclic) bond motifs is 3. The van der Waals surface area contributed by atoms with Gasteiger partial charge in [0.15, 0.2) is 0 Å². The molecule has 0 radical (unpaired) electrons. The van der Waals surface area contributed by atoms with Crippen LogP contribution in [0.3, 0.4) is 0 Å². The molecule has 0 amide bonds. The molecule has 0 aliphatic carbocycles. The van der Waals surface area contributed by atoms with Crippen molar-refractivity contribution in [2.45, 2.75) is 6.42 Å². The van der Waals surface area contributed by atoms with E-state index in [0.717, 1.165) is 27.4 Å². The summed E-state index contributed by atoms with van der Waals surface area (Å²) in [6, 6.07) is 11.7. The fraction of sp³-hybridized carbons (Fsp3) is 0.105. The first kappa shape index (κ1) is 16.6. The highest BCUT2D eigenvalue weighted by Crippen LogP contribution is 2.31. The van der Waals surface area contributed by atoms with E-state index in [4.69, 9.17) is 4.74 Å². The molecule has 1 N–H and O–H groups in total. The Morgan fingerprint density at radius 3 is 2.70 bits per heavy atom. The molecule has 0 bridgehead atoms. The molecular weight excluding hydrogens is 348 g/mol. The number of aromatic nitrogens is 3. The summed E-state index contributed by atoms with van der Waals surface area (Å²) in [5.41, 5.74) is 3.67. The molecule has 0 saturated carbocycles. The molecule has 0 spiro atoms. The van der Waals surface area contributed by atoms with Crippen LogP contribution in [0.1, 0.15) is 5.56 Å². The van der Waals surface area contributed by atoms with Gasteiger partial charge in [-0.1, -0.05) is 0 Å². The molecule has 0 aliphatic heterocycles. The first-order chi connectivity index (χ1) is 13.1. The number of H-pyrrole nitrogens is 1. The lowest BCUT2D eigenvalue weighted by Crippen LogP contribution is -2.06. The average molecular weight is 362 g/mol. The third-order valence-corrected chi connectivity index (χ3v) is 4.41. The van der Waals surface area contributed by atoms with Crippen LogP contribution in [0.15, 0.2) is 48.7 Å². The number of rotatable bonds is 4. The van der Waals surface area contributed by atoms with E-state index in [-0.39, 0.29) is 18.1 Å². The lowest BCUT2D eigenvalue weighted by molar-refractivity contribution is -0.384. The van der Waals surface area contributed by atoms with Crippen LogP contribution in [0.2, 0.25) is 0 Å². The van der Waals surface area contributed by atoms with E-state index in [0.29, 0.717) is 11.2 Å². The van der Waals surface area contributed by atoms with Gasteiger partial charge in [-0.25, -0.2) is 4.98 Å². The minimum atomic E-state index is -0.448. The number of nitro benzene ring substituents is 1. The highest BCUT2D eigenvalue weighted by molar-refractivity contribution is 6.07. The minimum Gasteiger partial charge on any atom is -0.469 e. The van der Waals surface area contributed by atoms with E-state index in [9.17, 15) is 14.9 Å². The number of nitrogens with zero attached hydrogens (tertiary/aromatic N) is 3. The molecule has 8 heteroatoms. The number of aromatic amines is 1. The van der Waals surface area contributed by atoms with E-state index in [2.05, 4.69) is 15.2 Å². The molecule has 0 atom stereocenters. The maximum absolute atomic E-state index is 11.9.